The third kappa shape index (κ3) is 2.52. The highest BCUT2D eigenvalue weighted by Crippen LogP contribution is 2.32. The van der Waals surface area contributed by atoms with Crippen molar-refractivity contribution >= 4 is 23.3 Å². The van der Waals surface area contributed by atoms with E-state index in [1.165, 1.54) is 23.1 Å². The third-order valence-electron chi connectivity index (χ3n) is 4.47. The Bertz CT molecular complexity index is 589. The summed E-state index contributed by atoms with van der Waals surface area (Å²) in [5.74, 6) is 0.360. The maximum atomic E-state index is 9.69. The Morgan fingerprint density at radius 1 is 1.30 bits per heavy atom. The average molecular weight is 295 g/mol. The van der Waals surface area contributed by atoms with Gasteiger partial charge in [0.05, 0.1) is 0 Å². The number of aryl methyl sites for hydroxylation is 1. The second-order valence-electron chi connectivity index (χ2n) is 5.43. The monoisotopic (exact) mass is 294 g/mol. The van der Waals surface area contributed by atoms with Crippen molar-refractivity contribution in [3.63, 3.8) is 0 Å². The number of H-pyrrole nitrogens is 1. The second-order valence-corrected chi connectivity index (χ2v) is 5.43. The first kappa shape index (κ1) is 15.2. The number of likely N-dealkylation sites (N-methyl/N-ethyl adjacent to an activating group) is 1. The van der Waals surface area contributed by atoms with E-state index >= 15 is 0 Å². The van der Waals surface area contributed by atoms with E-state index < -0.39 is 0 Å². The van der Waals surface area contributed by atoms with Crippen LogP contribution in [-0.2, 0) is 12.8 Å². The van der Waals surface area contributed by atoms with Crippen LogP contribution in [0.15, 0.2) is 18.2 Å². The summed E-state index contributed by atoms with van der Waals surface area (Å²) in [4.78, 5) is 6.06. The van der Waals surface area contributed by atoms with E-state index in [0.29, 0.717) is 11.8 Å². The summed E-state index contributed by atoms with van der Waals surface area (Å²) in [6, 6.07) is 6.28. The molecule has 20 heavy (non-hydrogen) atoms. The molecule has 3 nitrogen and oxygen atoms in total. The van der Waals surface area contributed by atoms with Crippen LogP contribution in [0.2, 0.25) is 0 Å². The van der Waals surface area contributed by atoms with Gasteiger partial charge in [0.2, 0.25) is 0 Å². The number of aromatic amines is 1. The van der Waals surface area contributed by atoms with Crippen LogP contribution in [-0.4, -0.2) is 34.1 Å². The number of phenols is 1. The molecule has 2 N–H and O–H groups in total. The molecule has 0 saturated heterocycles. The zero-order valence-electron chi connectivity index (χ0n) is 12.1. The molecule has 1 aliphatic carbocycles. The highest BCUT2D eigenvalue weighted by Gasteiger charge is 2.25. The molecule has 1 aromatic carbocycles. The summed E-state index contributed by atoms with van der Waals surface area (Å²) in [6.45, 7) is 6.70. The minimum absolute atomic E-state index is 0. The van der Waals surface area contributed by atoms with Crippen LogP contribution in [0, 0.1) is 0 Å². The van der Waals surface area contributed by atoms with Gasteiger partial charge in [0.1, 0.15) is 5.75 Å². The molecule has 1 heterocycles. The summed E-state index contributed by atoms with van der Waals surface area (Å²) >= 11 is 0. The number of aromatic hydroxyl groups is 1. The number of hydrogen-bond donors (Lipinski definition) is 2. The largest absolute Gasteiger partial charge is 0.508 e. The van der Waals surface area contributed by atoms with Gasteiger partial charge in [0.15, 0.2) is 0 Å². The number of nitrogens with one attached hydrogen (secondary N) is 1. The lowest BCUT2D eigenvalue weighted by atomic mass is 9.90. The van der Waals surface area contributed by atoms with Gasteiger partial charge in [-0.2, -0.15) is 0 Å². The number of aromatic nitrogens is 1. The molecule has 3 rings (SSSR count). The quantitative estimate of drug-likeness (QED) is 0.909. The molecule has 1 unspecified atom stereocenters. The van der Waals surface area contributed by atoms with E-state index in [0.717, 1.165) is 31.4 Å². The number of halogens is 1. The Hall–Kier alpha value is -1.19. The number of nitrogens with zero attached hydrogens (tertiary/aromatic N) is 1. The average Bonchev–Trinajstić information content (AvgIpc) is 2.78. The Balaban J connectivity index is 0.00000147. The lowest BCUT2D eigenvalue weighted by molar-refractivity contribution is 0.199. The van der Waals surface area contributed by atoms with E-state index in [1.54, 1.807) is 6.07 Å². The Morgan fingerprint density at radius 2 is 2.05 bits per heavy atom. The molecule has 0 bridgehead atoms. The lowest BCUT2D eigenvalue weighted by Gasteiger charge is -2.32. The van der Waals surface area contributed by atoms with Crippen LogP contribution in [0.25, 0.3) is 10.9 Å². The first-order valence-corrected chi connectivity index (χ1v) is 7.29. The minimum atomic E-state index is 0. The van der Waals surface area contributed by atoms with Gasteiger partial charge in [0, 0.05) is 22.6 Å². The van der Waals surface area contributed by atoms with Gasteiger partial charge >= 0.3 is 0 Å². The zero-order chi connectivity index (χ0) is 13.4. The molecule has 0 saturated carbocycles. The van der Waals surface area contributed by atoms with E-state index in [-0.39, 0.29) is 12.4 Å². The molecule has 2 aromatic rings. The second kappa shape index (κ2) is 6.06. The SMILES string of the molecule is CCN(CC)C1CCc2[nH]c3ccc(O)cc3c2C1.Cl. The fourth-order valence-corrected chi connectivity index (χ4v) is 3.44. The van der Waals surface area contributed by atoms with Gasteiger partial charge < -0.3 is 15.0 Å². The van der Waals surface area contributed by atoms with Crippen molar-refractivity contribution < 1.29 is 5.11 Å². The van der Waals surface area contributed by atoms with Crippen LogP contribution < -0.4 is 0 Å². The Labute approximate surface area is 126 Å². The normalized spacial score (nSPS) is 18.1. The highest BCUT2D eigenvalue weighted by molar-refractivity contribution is 5.86. The predicted molar refractivity (Wildman–Crippen MR) is 85.9 cm³/mol. The third-order valence-corrected chi connectivity index (χ3v) is 4.47. The van der Waals surface area contributed by atoms with Gasteiger partial charge in [-0.3, -0.25) is 0 Å². The maximum Gasteiger partial charge on any atom is 0.116 e. The van der Waals surface area contributed by atoms with Crippen molar-refractivity contribution in [2.45, 2.75) is 39.2 Å². The molecule has 1 aromatic heterocycles. The highest BCUT2D eigenvalue weighted by atomic mass is 35.5. The molecule has 0 aliphatic heterocycles. The number of phenolic OH excluding ortho intramolecular Hbond substituents is 1. The molecule has 1 aliphatic rings. The lowest BCUT2D eigenvalue weighted by Crippen LogP contribution is -2.38. The van der Waals surface area contributed by atoms with Crippen molar-refractivity contribution in [3.8, 4) is 5.75 Å². The molecular weight excluding hydrogens is 272 g/mol. The van der Waals surface area contributed by atoms with Crippen molar-refractivity contribution in [1.82, 2.24) is 9.88 Å². The van der Waals surface area contributed by atoms with Crippen LogP contribution in [0.4, 0.5) is 0 Å². The topological polar surface area (TPSA) is 39.3 Å². The Morgan fingerprint density at radius 3 is 2.75 bits per heavy atom. The summed E-state index contributed by atoms with van der Waals surface area (Å²) in [7, 11) is 0. The van der Waals surface area contributed by atoms with Crippen molar-refractivity contribution in [1.29, 1.82) is 0 Å². The fraction of sp³-hybridized carbons (Fsp3) is 0.500. The molecule has 0 amide bonds. The molecule has 4 heteroatoms. The van der Waals surface area contributed by atoms with Crippen LogP contribution in [0.1, 0.15) is 31.5 Å². The number of rotatable bonds is 3. The smallest absolute Gasteiger partial charge is 0.116 e. The van der Waals surface area contributed by atoms with Crippen molar-refractivity contribution in [2.24, 2.45) is 0 Å². The molecule has 110 valence electrons. The van der Waals surface area contributed by atoms with Crippen LogP contribution in [0.3, 0.4) is 0 Å². The molecule has 0 fully saturated rings. The van der Waals surface area contributed by atoms with Crippen molar-refractivity contribution in [3.05, 3.63) is 29.5 Å². The standard InChI is InChI=1S/C16H22N2O.ClH/c1-3-18(4-2)11-5-7-15-13(9-11)14-10-12(19)6-8-16(14)17-15;/h6,8,10-11,17,19H,3-5,7,9H2,1-2H3;1H. The summed E-state index contributed by atoms with van der Waals surface area (Å²) in [5, 5.41) is 10.9. The van der Waals surface area contributed by atoms with E-state index in [4.69, 9.17) is 0 Å². The molecule has 0 spiro atoms. The maximum absolute atomic E-state index is 9.69. The summed E-state index contributed by atoms with van der Waals surface area (Å²) in [6.07, 6.45) is 3.44. The Kier molecular flexibility index (Phi) is 4.61. The van der Waals surface area contributed by atoms with E-state index in [9.17, 15) is 5.11 Å². The van der Waals surface area contributed by atoms with E-state index in [2.05, 4.69) is 23.7 Å². The van der Waals surface area contributed by atoms with Crippen LogP contribution >= 0.6 is 12.4 Å². The van der Waals surface area contributed by atoms with Crippen LogP contribution in [0.5, 0.6) is 5.75 Å². The molecular formula is C16H23ClN2O. The first-order chi connectivity index (χ1) is 9.22. The summed E-state index contributed by atoms with van der Waals surface area (Å²) < 4.78 is 0. The van der Waals surface area contributed by atoms with Crippen molar-refractivity contribution in [2.75, 3.05) is 13.1 Å². The van der Waals surface area contributed by atoms with Gasteiger partial charge in [-0.15, -0.1) is 12.4 Å². The number of hydrogen-bond acceptors (Lipinski definition) is 2. The zero-order valence-corrected chi connectivity index (χ0v) is 13.0. The van der Waals surface area contributed by atoms with Gasteiger partial charge in [-0.25, -0.2) is 0 Å². The first-order valence-electron chi connectivity index (χ1n) is 7.29. The van der Waals surface area contributed by atoms with Gasteiger partial charge in [0.25, 0.3) is 0 Å². The van der Waals surface area contributed by atoms with Gasteiger partial charge in [-0.1, -0.05) is 13.8 Å². The van der Waals surface area contributed by atoms with E-state index in [1.807, 2.05) is 12.1 Å². The summed E-state index contributed by atoms with van der Waals surface area (Å²) in [5.41, 5.74) is 3.93. The number of benzene rings is 1. The fourth-order valence-electron chi connectivity index (χ4n) is 3.44. The molecule has 1 atom stereocenters. The van der Waals surface area contributed by atoms with Gasteiger partial charge in [-0.05, 0) is 56.1 Å². The number of fused-ring (bicyclic) bond motifs is 3. The minimum Gasteiger partial charge on any atom is -0.508 e. The molecule has 0 radical (unpaired) electrons. The predicted octanol–water partition coefficient (Wildman–Crippen LogP) is 3.49.